The number of hydrogen-bond donors (Lipinski definition) is 1. The maximum Gasteiger partial charge on any atom is 0.420 e. The number of hydrogen-bond acceptors (Lipinski definition) is 5. The van der Waals surface area contributed by atoms with Gasteiger partial charge in [0.05, 0.1) is 17.0 Å². The first kappa shape index (κ1) is 13.4. The Labute approximate surface area is 112 Å². The minimum absolute atomic E-state index is 0.0313. The van der Waals surface area contributed by atoms with Crippen molar-refractivity contribution in [3.05, 3.63) is 38.9 Å². The lowest BCUT2D eigenvalue weighted by Crippen LogP contribution is -2.30. The van der Waals surface area contributed by atoms with Crippen LogP contribution in [-0.2, 0) is 11.3 Å². The third-order valence-electron chi connectivity index (χ3n) is 2.55. The van der Waals surface area contributed by atoms with Gasteiger partial charge in [0.2, 0.25) is 5.91 Å². The average Bonchev–Trinajstić information content (AvgIpc) is 2.72. The number of nitro benzene ring substituents is 1. The molecule has 8 nitrogen and oxygen atoms in total. The van der Waals surface area contributed by atoms with Gasteiger partial charge in [-0.3, -0.25) is 19.5 Å². The molecule has 1 aromatic carbocycles. The molecule has 1 aromatic heterocycles. The van der Waals surface area contributed by atoms with Gasteiger partial charge in [-0.15, -0.1) is 6.42 Å². The fourth-order valence-electron chi connectivity index (χ4n) is 1.66. The lowest BCUT2D eigenvalue weighted by molar-refractivity contribution is -0.384. The number of non-ortho nitro benzene ring substituents is 1. The summed E-state index contributed by atoms with van der Waals surface area (Å²) in [5.74, 6) is 0.968. The van der Waals surface area contributed by atoms with E-state index < -0.39 is 16.6 Å². The van der Waals surface area contributed by atoms with Gasteiger partial charge in [-0.2, -0.15) is 0 Å². The molecule has 20 heavy (non-hydrogen) atoms. The molecule has 0 bridgehead atoms. The molecule has 0 aliphatic rings. The number of oxazole rings is 1. The van der Waals surface area contributed by atoms with Crippen LogP contribution in [0.4, 0.5) is 5.69 Å². The second-order valence-electron chi connectivity index (χ2n) is 3.84. The van der Waals surface area contributed by atoms with Crippen molar-refractivity contribution in [2.45, 2.75) is 6.54 Å². The number of nitrogens with one attached hydrogen (secondary N) is 1. The maximum absolute atomic E-state index is 11.6. The molecule has 8 heteroatoms. The number of aromatic nitrogens is 1. The van der Waals surface area contributed by atoms with Gasteiger partial charge in [0.15, 0.2) is 5.58 Å². The summed E-state index contributed by atoms with van der Waals surface area (Å²) in [6.45, 7) is -0.293. The molecule has 0 atom stereocenters. The van der Waals surface area contributed by atoms with Crippen molar-refractivity contribution >= 4 is 22.7 Å². The van der Waals surface area contributed by atoms with Crippen molar-refractivity contribution in [1.82, 2.24) is 9.88 Å². The van der Waals surface area contributed by atoms with Crippen molar-refractivity contribution in [2.24, 2.45) is 0 Å². The first-order valence-corrected chi connectivity index (χ1v) is 5.51. The zero-order valence-corrected chi connectivity index (χ0v) is 10.2. The van der Waals surface area contributed by atoms with Gasteiger partial charge in [0, 0.05) is 12.1 Å². The minimum atomic E-state index is -0.767. The maximum atomic E-state index is 11.6. The summed E-state index contributed by atoms with van der Waals surface area (Å²) in [7, 11) is 0. The number of terminal acetylenes is 1. The highest BCUT2D eigenvalue weighted by atomic mass is 16.6. The largest absolute Gasteiger partial charge is 0.420 e. The Hall–Kier alpha value is -3.08. The molecule has 2 aromatic rings. The van der Waals surface area contributed by atoms with Crippen molar-refractivity contribution in [3.8, 4) is 12.3 Å². The van der Waals surface area contributed by atoms with Gasteiger partial charge >= 0.3 is 5.76 Å². The smallest absolute Gasteiger partial charge is 0.408 e. The first-order chi connectivity index (χ1) is 9.52. The fourth-order valence-corrected chi connectivity index (χ4v) is 1.66. The normalized spacial score (nSPS) is 10.2. The lowest BCUT2D eigenvalue weighted by Gasteiger charge is -2.02. The van der Waals surface area contributed by atoms with Gasteiger partial charge < -0.3 is 9.73 Å². The predicted molar refractivity (Wildman–Crippen MR) is 69.0 cm³/mol. The molecule has 102 valence electrons. The summed E-state index contributed by atoms with van der Waals surface area (Å²) in [6.07, 6.45) is 5.00. The average molecular weight is 275 g/mol. The van der Waals surface area contributed by atoms with Crippen LogP contribution in [0.3, 0.4) is 0 Å². The van der Waals surface area contributed by atoms with E-state index >= 15 is 0 Å². The second kappa shape index (κ2) is 5.27. The van der Waals surface area contributed by atoms with Gasteiger partial charge in [0.25, 0.3) is 5.69 Å². The lowest BCUT2D eigenvalue weighted by atomic mass is 10.3. The van der Waals surface area contributed by atoms with Crippen molar-refractivity contribution in [1.29, 1.82) is 0 Å². The highest BCUT2D eigenvalue weighted by molar-refractivity contribution is 5.80. The summed E-state index contributed by atoms with van der Waals surface area (Å²) < 4.78 is 5.91. The number of rotatable bonds is 4. The Morgan fingerprint density at radius 2 is 2.30 bits per heavy atom. The van der Waals surface area contributed by atoms with Gasteiger partial charge in [-0.25, -0.2) is 4.79 Å². The topological polar surface area (TPSA) is 107 Å². The highest BCUT2D eigenvalue weighted by Crippen LogP contribution is 2.19. The number of carbonyl (C=O) groups is 1. The molecular weight excluding hydrogens is 266 g/mol. The van der Waals surface area contributed by atoms with Crippen LogP contribution in [-0.4, -0.2) is 21.9 Å². The van der Waals surface area contributed by atoms with E-state index in [1.165, 1.54) is 18.2 Å². The number of fused-ring (bicyclic) bond motifs is 1. The second-order valence-corrected chi connectivity index (χ2v) is 3.84. The van der Waals surface area contributed by atoms with Crippen molar-refractivity contribution in [2.75, 3.05) is 6.54 Å². The van der Waals surface area contributed by atoms with Crippen LogP contribution in [0.15, 0.2) is 27.4 Å². The van der Waals surface area contributed by atoms with Gasteiger partial charge in [-0.05, 0) is 6.07 Å². The van der Waals surface area contributed by atoms with Crippen LogP contribution >= 0.6 is 0 Å². The van der Waals surface area contributed by atoms with Crippen LogP contribution in [0.1, 0.15) is 0 Å². The third-order valence-corrected chi connectivity index (χ3v) is 2.55. The summed E-state index contributed by atoms with van der Waals surface area (Å²) in [4.78, 5) is 33.3. The minimum Gasteiger partial charge on any atom is -0.408 e. The number of nitro groups is 1. The molecule has 2 rings (SSSR count). The standard InChI is InChI=1S/C12H9N3O5/c1-2-5-13-11(16)7-14-9-6-8(15(18)19)3-4-10(9)20-12(14)17/h1,3-4,6H,5,7H2,(H,13,16). The predicted octanol–water partition coefficient (Wildman–Crippen LogP) is 0.252. The number of benzene rings is 1. The summed E-state index contributed by atoms with van der Waals surface area (Å²) in [6, 6.07) is 3.70. The van der Waals surface area contributed by atoms with E-state index in [1.807, 2.05) is 0 Å². The van der Waals surface area contributed by atoms with E-state index in [-0.39, 0.29) is 29.9 Å². The van der Waals surface area contributed by atoms with E-state index in [0.717, 1.165) is 4.57 Å². The Balaban J connectivity index is 2.42. The monoisotopic (exact) mass is 275 g/mol. The van der Waals surface area contributed by atoms with E-state index in [0.29, 0.717) is 0 Å². The molecule has 0 aliphatic carbocycles. The highest BCUT2D eigenvalue weighted by Gasteiger charge is 2.16. The van der Waals surface area contributed by atoms with Gasteiger partial charge in [0.1, 0.15) is 6.54 Å². The molecule has 1 N–H and O–H groups in total. The molecule has 1 heterocycles. The number of nitrogens with zero attached hydrogens (tertiary/aromatic N) is 2. The molecule has 0 aliphatic heterocycles. The van der Waals surface area contributed by atoms with Crippen molar-refractivity contribution in [3.63, 3.8) is 0 Å². The SMILES string of the molecule is C#CCNC(=O)Cn1c(=O)oc2ccc([N+](=O)[O-])cc21. The molecule has 0 unspecified atom stereocenters. The van der Waals surface area contributed by atoms with Crippen LogP contribution < -0.4 is 11.1 Å². The van der Waals surface area contributed by atoms with E-state index in [9.17, 15) is 19.7 Å². The summed E-state index contributed by atoms with van der Waals surface area (Å²) in [5, 5.41) is 13.1. The van der Waals surface area contributed by atoms with Gasteiger partial charge in [-0.1, -0.05) is 5.92 Å². The fraction of sp³-hybridized carbons (Fsp3) is 0.167. The zero-order chi connectivity index (χ0) is 14.7. The quantitative estimate of drug-likeness (QED) is 0.489. The number of amides is 1. The Kier molecular flexibility index (Phi) is 3.52. The molecule has 1 amide bonds. The summed E-state index contributed by atoms with van der Waals surface area (Å²) in [5.41, 5.74) is 0.154. The zero-order valence-electron chi connectivity index (χ0n) is 10.2. The molecule has 0 spiro atoms. The van der Waals surface area contributed by atoms with E-state index in [2.05, 4.69) is 11.2 Å². The molecule has 0 radical (unpaired) electrons. The Morgan fingerprint density at radius 1 is 1.55 bits per heavy atom. The van der Waals surface area contributed by atoms with Crippen LogP contribution in [0.25, 0.3) is 11.1 Å². The Morgan fingerprint density at radius 3 is 2.95 bits per heavy atom. The molecular formula is C12H9N3O5. The van der Waals surface area contributed by atoms with Crippen LogP contribution in [0.5, 0.6) is 0 Å². The van der Waals surface area contributed by atoms with Crippen molar-refractivity contribution < 1.29 is 14.1 Å². The van der Waals surface area contributed by atoms with Crippen LogP contribution in [0, 0.1) is 22.5 Å². The third kappa shape index (κ3) is 2.51. The molecule has 0 saturated heterocycles. The molecule has 0 fully saturated rings. The molecule has 0 saturated carbocycles. The van der Waals surface area contributed by atoms with Crippen LogP contribution in [0.2, 0.25) is 0 Å². The summed E-state index contributed by atoms with van der Waals surface area (Å²) >= 11 is 0. The number of carbonyl (C=O) groups excluding carboxylic acids is 1. The van der Waals surface area contributed by atoms with E-state index in [1.54, 1.807) is 0 Å². The Bertz CT molecular complexity index is 780. The van der Waals surface area contributed by atoms with E-state index in [4.69, 9.17) is 10.8 Å². The first-order valence-electron chi connectivity index (χ1n) is 5.51.